The van der Waals surface area contributed by atoms with E-state index in [4.69, 9.17) is 16.3 Å². The molecule has 0 atom stereocenters. The van der Waals surface area contributed by atoms with Crippen LogP contribution in [0.1, 0.15) is 5.56 Å². The standard InChI is InChI=1S/C9H9ClO/c10-8-11-7-6-9-4-2-1-3-5-9/h1-7H,8H2. The van der Waals surface area contributed by atoms with Crippen molar-refractivity contribution in [3.63, 3.8) is 0 Å². The second-order valence-electron chi connectivity index (χ2n) is 1.99. The van der Waals surface area contributed by atoms with Gasteiger partial charge in [-0.05, 0) is 11.6 Å². The summed E-state index contributed by atoms with van der Waals surface area (Å²) in [5.41, 5.74) is 1.11. The molecule has 0 spiro atoms. The zero-order valence-corrected chi connectivity index (χ0v) is 6.79. The Balaban J connectivity index is 2.50. The van der Waals surface area contributed by atoms with E-state index < -0.39 is 0 Å². The highest BCUT2D eigenvalue weighted by Gasteiger charge is 1.80. The second kappa shape index (κ2) is 4.80. The van der Waals surface area contributed by atoms with Crippen LogP contribution in [0.3, 0.4) is 0 Å². The van der Waals surface area contributed by atoms with Crippen molar-refractivity contribution in [1.82, 2.24) is 0 Å². The molecule has 0 fully saturated rings. The topological polar surface area (TPSA) is 9.23 Å². The third-order valence-electron chi connectivity index (χ3n) is 1.22. The monoisotopic (exact) mass is 168 g/mol. The van der Waals surface area contributed by atoms with E-state index in [9.17, 15) is 0 Å². The van der Waals surface area contributed by atoms with Gasteiger partial charge in [-0.15, -0.1) is 0 Å². The van der Waals surface area contributed by atoms with Gasteiger partial charge in [0.05, 0.1) is 6.26 Å². The van der Waals surface area contributed by atoms with Gasteiger partial charge in [0.15, 0.2) is 6.07 Å². The molecular weight excluding hydrogens is 160 g/mol. The maximum Gasteiger partial charge on any atom is 0.161 e. The van der Waals surface area contributed by atoms with Crippen LogP contribution in [0, 0.1) is 0 Å². The van der Waals surface area contributed by atoms with E-state index >= 15 is 0 Å². The normalized spacial score (nSPS) is 10.3. The highest BCUT2D eigenvalue weighted by atomic mass is 35.5. The van der Waals surface area contributed by atoms with Crippen molar-refractivity contribution in [2.75, 3.05) is 6.07 Å². The first-order chi connectivity index (χ1) is 5.43. The Bertz CT molecular complexity index is 218. The molecule has 0 radical (unpaired) electrons. The minimum absolute atomic E-state index is 0.198. The number of hydrogen-bond acceptors (Lipinski definition) is 1. The lowest BCUT2D eigenvalue weighted by Crippen LogP contribution is -1.73. The van der Waals surface area contributed by atoms with Crippen LogP contribution in [-0.4, -0.2) is 6.07 Å². The molecule has 0 aliphatic rings. The summed E-state index contributed by atoms with van der Waals surface area (Å²) in [6.07, 6.45) is 3.45. The Labute approximate surface area is 71.3 Å². The Morgan fingerprint density at radius 3 is 2.64 bits per heavy atom. The van der Waals surface area contributed by atoms with Crippen LogP contribution in [0.5, 0.6) is 0 Å². The van der Waals surface area contributed by atoms with E-state index in [1.54, 1.807) is 6.26 Å². The molecule has 1 rings (SSSR count). The van der Waals surface area contributed by atoms with Gasteiger partial charge < -0.3 is 4.74 Å². The van der Waals surface area contributed by atoms with E-state index in [1.165, 1.54) is 0 Å². The largest absolute Gasteiger partial charge is 0.486 e. The fourth-order valence-electron chi connectivity index (χ4n) is 0.727. The second-order valence-corrected chi connectivity index (χ2v) is 2.21. The number of ether oxygens (including phenoxy) is 1. The van der Waals surface area contributed by atoms with Gasteiger partial charge in [0, 0.05) is 0 Å². The lowest BCUT2D eigenvalue weighted by atomic mass is 10.2. The maximum atomic E-state index is 5.29. The fraction of sp³-hybridized carbons (Fsp3) is 0.111. The van der Waals surface area contributed by atoms with E-state index in [0.29, 0.717) is 0 Å². The summed E-state index contributed by atoms with van der Waals surface area (Å²) in [5, 5.41) is 0. The predicted octanol–water partition coefficient (Wildman–Crippen LogP) is 2.87. The number of hydrogen-bond donors (Lipinski definition) is 0. The summed E-state index contributed by atoms with van der Waals surface area (Å²) in [6.45, 7) is 0. The molecule has 11 heavy (non-hydrogen) atoms. The van der Waals surface area contributed by atoms with Gasteiger partial charge in [-0.3, -0.25) is 0 Å². The van der Waals surface area contributed by atoms with E-state index in [1.807, 2.05) is 36.4 Å². The third kappa shape index (κ3) is 3.10. The molecule has 58 valence electrons. The van der Waals surface area contributed by atoms with Crippen LogP contribution >= 0.6 is 11.6 Å². The van der Waals surface area contributed by atoms with Gasteiger partial charge in [-0.2, -0.15) is 0 Å². The van der Waals surface area contributed by atoms with Crippen LogP contribution in [0.25, 0.3) is 6.08 Å². The Morgan fingerprint density at radius 1 is 1.27 bits per heavy atom. The highest BCUT2D eigenvalue weighted by Crippen LogP contribution is 2.00. The Hall–Kier alpha value is -0.950. The summed E-state index contributed by atoms with van der Waals surface area (Å²) in [7, 11) is 0. The number of alkyl halides is 1. The van der Waals surface area contributed by atoms with Crippen molar-refractivity contribution in [1.29, 1.82) is 0 Å². The average molecular weight is 169 g/mol. The summed E-state index contributed by atoms with van der Waals surface area (Å²) >= 11 is 5.29. The molecule has 0 aliphatic carbocycles. The number of benzene rings is 1. The molecule has 2 heteroatoms. The van der Waals surface area contributed by atoms with Crippen LogP contribution in [0.4, 0.5) is 0 Å². The van der Waals surface area contributed by atoms with Crippen LogP contribution in [-0.2, 0) is 4.74 Å². The predicted molar refractivity (Wildman–Crippen MR) is 47.3 cm³/mol. The molecule has 1 aromatic rings. The highest BCUT2D eigenvalue weighted by molar-refractivity contribution is 6.17. The molecule has 1 nitrogen and oxygen atoms in total. The average Bonchev–Trinajstić information content (AvgIpc) is 2.07. The Morgan fingerprint density at radius 2 is 2.00 bits per heavy atom. The van der Waals surface area contributed by atoms with Crippen molar-refractivity contribution < 1.29 is 4.74 Å². The molecule has 0 N–H and O–H groups in total. The number of halogens is 1. The number of rotatable bonds is 3. The van der Waals surface area contributed by atoms with Crippen LogP contribution in [0.15, 0.2) is 36.6 Å². The molecule has 0 bridgehead atoms. The summed E-state index contributed by atoms with van der Waals surface area (Å²) in [5.74, 6) is 0. The molecular formula is C9H9ClO. The molecule has 0 amide bonds. The van der Waals surface area contributed by atoms with Crippen molar-refractivity contribution in [3.05, 3.63) is 42.2 Å². The van der Waals surface area contributed by atoms with E-state index in [-0.39, 0.29) is 6.07 Å². The molecule has 0 saturated heterocycles. The zero-order chi connectivity index (χ0) is 7.94. The molecule has 0 aliphatic heterocycles. The van der Waals surface area contributed by atoms with Crippen LogP contribution in [0.2, 0.25) is 0 Å². The smallest absolute Gasteiger partial charge is 0.161 e. The van der Waals surface area contributed by atoms with Crippen molar-refractivity contribution in [3.8, 4) is 0 Å². The van der Waals surface area contributed by atoms with Gasteiger partial charge in [0.2, 0.25) is 0 Å². The van der Waals surface area contributed by atoms with E-state index in [2.05, 4.69) is 0 Å². The molecule has 0 heterocycles. The van der Waals surface area contributed by atoms with Gasteiger partial charge in [-0.1, -0.05) is 41.9 Å². The zero-order valence-electron chi connectivity index (χ0n) is 6.03. The summed E-state index contributed by atoms with van der Waals surface area (Å²) in [6, 6.07) is 10.1. The van der Waals surface area contributed by atoms with E-state index in [0.717, 1.165) is 5.56 Å². The lowest BCUT2D eigenvalue weighted by Gasteiger charge is -1.91. The molecule has 0 unspecified atom stereocenters. The van der Waals surface area contributed by atoms with Gasteiger partial charge >= 0.3 is 0 Å². The summed E-state index contributed by atoms with van der Waals surface area (Å²) < 4.78 is 4.82. The van der Waals surface area contributed by atoms with Crippen molar-refractivity contribution in [2.45, 2.75) is 0 Å². The first kappa shape index (κ1) is 8.15. The first-order valence-electron chi connectivity index (χ1n) is 3.32. The van der Waals surface area contributed by atoms with Crippen molar-refractivity contribution in [2.24, 2.45) is 0 Å². The van der Waals surface area contributed by atoms with Gasteiger partial charge in [0.25, 0.3) is 0 Å². The minimum atomic E-state index is 0.198. The summed E-state index contributed by atoms with van der Waals surface area (Å²) in [4.78, 5) is 0. The minimum Gasteiger partial charge on any atom is -0.486 e. The third-order valence-corrected chi connectivity index (χ3v) is 1.35. The van der Waals surface area contributed by atoms with Gasteiger partial charge in [0.1, 0.15) is 0 Å². The first-order valence-corrected chi connectivity index (χ1v) is 3.86. The van der Waals surface area contributed by atoms with Crippen LogP contribution < -0.4 is 0 Å². The lowest BCUT2D eigenvalue weighted by molar-refractivity contribution is 0.316. The van der Waals surface area contributed by atoms with Gasteiger partial charge in [-0.25, -0.2) is 0 Å². The maximum absolute atomic E-state index is 5.29. The quantitative estimate of drug-likeness (QED) is 0.498. The SMILES string of the molecule is ClCOC=Cc1ccccc1. The molecule has 1 aromatic carbocycles. The van der Waals surface area contributed by atoms with Crippen molar-refractivity contribution >= 4 is 17.7 Å². The fourth-order valence-corrected chi connectivity index (χ4v) is 0.800. The molecule has 0 saturated carbocycles. The molecule has 0 aromatic heterocycles. The Kier molecular flexibility index (Phi) is 3.56.